The van der Waals surface area contributed by atoms with Gasteiger partial charge in [0.25, 0.3) is 0 Å². The van der Waals surface area contributed by atoms with E-state index in [0.29, 0.717) is 0 Å². The lowest BCUT2D eigenvalue weighted by molar-refractivity contribution is -0.141. The van der Waals surface area contributed by atoms with Crippen LogP contribution in [-0.4, -0.2) is 38.5 Å². The van der Waals surface area contributed by atoms with Crippen molar-refractivity contribution < 1.29 is 30.0 Å². The van der Waals surface area contributed by atoms with E-state index in [9.17, 15) is 19.8 Å². The van der Waals surface area contributed by atoms with Gasteiger partial charge in [-0.25, -0.2) is 0 Å². The Morgan fingerprint density at radius 2 is 1.79 bits per heavy atom. The molecule has 0 amide bonds. The van der Waals surface area contributed by atoms with Crippen LogP contribution >= 0.6 is 11.6 Å². The second kappa shape index (κ2) is 6.51. The fraction of sp³-hybridized carbons (Fsp3) is 0.333. The molecule has 0 heterocycles. The first kappa shape index (κ1) is 15.4. The number of aliphatic carboxylic acids is 2. The third-order valence-electron chi connectivity index (χ3n) is 2.52. The van der Waals surface area contributed by atoms with Crippen LogP contribution in [0.2, 0.25) is 5.02 Å². The first-order valence-electron chi connectivity index (χ1n) is 5.39. The Morgan fingerprint density at radius 1 is 1.16 bits per heavy atom. The van der Waals surface area contributed by atoms with Gasteiger partial charge in [0.05, 0.1) is 18.9 Å². The molecule has 0 aliphatic rings. The zero-order valence-corrected chi connectivity index (χ0v) is 10.5. The zero-order valence-electron chi connectivity index (χ0n) is 9.78. The average molecular weight is 289 g/mol. The van der Waals surface area contributed by atoms with Gasteiger partial charge in [0.2, 0.25) is 0 Å². The van der Waals surface area contributed by atoms with Gasteiger partial charge in [-0.3, -0.25) is 9.59 Å². The second-order valence-electron chi connectivity index (χ2n) is 4.02. The number of rotatable bonds is 6. The summed E-state index contributed by atoms with van der Waals surface area (Å²) in [6.45, 7) is 0. The lowest BCUT2D eigenvalue weighted by Crippen LogP contribution is -2.23. The summed E-state index contributed by atoms with van der Waals surface area (Å²) in [4.78, 5) is 21.2. The van der Waals surface area contributed by atoms with Crippen LogP contribution in [0.15, 0.2) is 18.2 Å². The van der Waals surface area contributed by atoms with Crippen molar-refractivity contribution in [2.75, 3.05) is 0 Å². The summed E-state index contributed by atoms with van der Waals surface area (Å²) in [6, 6.07) is 4.19. The quantitative estimate of drug-likeness (QED) is 0.616. The summed E-state index contributed by atoms with van der Waals surface area (Å²) in [7, 11) is 0. The van der Waals surface area contributed by atoms with Crippen molar-refractivity contribution in [3.8, 4) is 0 Å². The molecule has 0 bridgehead atoms. The Bertz CT molecular complexity index is 487. The highest BCUT2D eigenvalue weighted by Crippen LogP contribution is 2.26. The molecular weight excluding hydrogens is 276 g/mol. The maximum atomic E-state index is 10.7. The molecule has 1 rings (SSSR count). The number of hydrogen-bond donors (Lipinski definition) is 4. The molecule has 6 nitrogen and oxygen atoms in total. The minimum Gasteiger partial charge on any atom is -0.481 e. The average Bonchev–Trinajstić information content (AvgIpc) is 2.29. The van der Waals surface area contributed by atoms with Gasteiger partial charge < -0.3 is 20.4 Å². The van der Waals surface area contributed by atoms with E-state index in [2.05, 4.69) is 0 Å². The molecule has 0 spiro atoms. The minimum absolute atomic E-state index is 0.114. The van der Waals surface area contributed by atoms with Gasteiger partial charge in [-0.1, -0.05) is 17.7 Å². The standard InChI is InChI=1S/C12H13ClO6/c13-7-2-1-6(3-10(15)16)8(4-7)12(19)9(14)5-11(17)18/h1-2,4,9,12,14,19H,3,5H2,(H,15,16)(H,17,18). The molecule has 1 aromatic rings. The Hall–Kier alpha value is -1.63. The first-order chi connectivity index (χ1) is 8.81. The Kier molecular flexibility index (Phi) is 5.29. The van der Waals surface area contributed by atoms with Gasteiger partial charge in [0.1, 0.15) is 6.10 Å². The van der Waals surface area contributed by atoms with E-state index in [1.165, 1.54) is 18.2 Å². The molecule has 0 saturated carbocycles. The maximum Gasteiger partial charge on any atom is 0.307 e. The Labute approximate surface area is 113 Å². The number of carboxylic acids is 2. The van der Waals surface area contributed by atoms with Crippen molar-refractivity contribution in [2.24, 2.45) is 0 Å². The van der Waals surface area contributed by atoms with Crippen LogP contribution in [-0.2, 0) is 16.0 Å². The third-order valence-corrected chi connectivity index (χ3v) is 2.75. The fourth-order valence-corrected chi connectivity index (χ4v) is 1.84. The van der Waals surface area contributed by atoms with Crippen molar-refractivity contribution in [3.63, 3.8) is 0 Å². The number of aliphatic hydroxyl groups is 2. The summed E-state index contributed by atoms with van der Waals surface area (Å²) < 4.78 is 0. The van der Waals surface area contributed by atoms with Crippen molar-refractivity contribution >= 4 is 23.5 Å². The van der Waals surface area contributed by atoms with Crippen molar-refractivity contribution in [1.82, 2.24) is 0 Å². The van der Waals surface area contributed by atoms with Crippen LogP contribution in [0.1, 0.15) is 23.7 Å². The van der Waals surface area contributed by atoms with Crippen LogP contribution < -0.4 is 0 Å². The molecule has 0 aliphatic carbocycles. The van der Waals surface area contributed by atoms with Crippen LogP contribution in [0, 0.1) is 0 Å². The molecule has 0 saturated heterocycles. The summed E-state index contributed by atoms with van der Waals surface area (Å²) in [5.41, 5.74) is 0.387. The highest BCUT2D eigenvalue weighted by atomic mass is 35.5. The van der Waals surface area contributed by atoms with E-state index in [-0.39, 0.29) is 22.6 Å². The SMILES string of the molecule is O=C(O)Cc1ccc(Cl)cc1C(O)C(O)CC(=O)O. The lowest BCUT2D eigenvalue weighted by atomic mass is 9.95. The molecule has 0 radical (unpaired) electrons. The molecule has 0 aliphatic heterocycles. The smallest absolute Gasteiger partial charge is 0.307 e. The molecule has 1 aromatic carbocycles. The predicted molar refractivity (Wildman–Crippen MR) is 66.0 cm³/mol. The molecular formula is C12H13ClO6. The van der Waals surface area contributed by atoms with E-state index in [0.717, 1.165) is 0 Å². The number of aliphatic hydroxyl groups excluding tert-OH is 2. The van der Waals surface area contributed by atoms with Crippen LogP contribution in [0.5, 0.6) is 0 Å². The number of halogens is 1. The zero-order chi connectivity index (χ0) is 14.6. The summed E-state index contributed by atoms with van der Waals surface area (Å²) in [5.74, 6) is -2.38. The van der Waals surface area contributed by atoms with Crippen LogP contribution in [0.3, 0.4) is 0 Å². The second-order valence-corrected chi connectivity index (χ2v) is 4.46. The number of benzene rings is 1. The van der Waals surface area contributed by atoms with Crippen LogP contribution in [0.4, 0.5) is 0 Å². The predicted octanol–water partition coefficient (Wildman–Crippen LogP) is 0.836. The van der Waals surface area contributed by atoms with Gasteiger partial charge in [-0.15, -0.1) is 0 Å². The van der Waals surface area contributed by atoms with Crippen molar-refractivity contribution in [3.05, 3.63) is 34.3 Å². The lowest BCUT2D eigenvalue weighted by Gasteiger charge is -2.19. The molecule has 104 valence electrons. The van der Waals surface area contributed by atoms with E-state index < -0.39 is 30.6 Å². The monoisotopic (exact) mass is 288 g/mol. The fourth-order valence-electron chi connectivity index (χ4n) is 1.66. The van der Waals surface area contributed by atoms with Gasteiger partial charge in [0.15, 0.2) is 0 Å². The van der Waals surface area contributed by atoms with Crippen molar-refractivity contribution in [2.45, 2.75) is 25.0 Å². The molecule has 0 fully saturated rings. The molecule has 7 heteroatoms. The van der Waals surface area contributed by atoms with Crippen molar-refractivity contribution in [1.29, 1.82) is 0 Å². The van der Waals surface area contributed by atoms with Gasteiger partial charge >= 0.3 is 11.9 Å². The molecule has 2 atom stereocenters. The minimum atomic E-state index is -1.54. The van der Waals surface area contributed by atoms with Crippen LogP contribution in [0.25, 0.3) is 0 Å². The summed E-state index contributed by atoms with van der Waals surface area (Å²) >= 11 is 5.75. The Balaban J connectivity index is 3.05. The molecule has 0 aromatic heterocycles. The Morgan fingerprint density at radius 3 is 2.32 bits per heavy atom. The van der Waals surface area contributed by atoms with E-state index in [1.807, 2.05) is 0 Å². The normalized spacial score (nSPS) is 13.8. The molecule has 2 unspecified atom stereocenters. The first-order valence-corrected chi connectivity index (χ1v) is 5.77. The topological polar surface area (TPSA) is 115 Å². The number of carbonyl (C=O) groups is 2. The largest absolute Gasteiger partial charge is 0.481 e. The third kappa shape index (κ3) is 4.51. The van der Waals surface area contributed by atoms with E-state index >= 15 is 0 Å². The maximum absolute atomic E-state index is 10.7. The van der Waals surface area contributed by atoms with Gasteiger partial charge in [-0.05, 0) is 23.3 Å². The summed E-state index contributed by atoms with van der Waals surface area (Å²) in [6.07, 6.45) is -4.06. The van der Waals surface area contributed by atoms with Gasteiger partial charge in [-0.2, -0.15) is 0 Å². The highest BCUT2D eigenvalue weighted by Gasteiger charge is 2.24. The van der Waals surface area contributed by atoms with E-state index in [1.54, 1.807) is 0 Å². The van der Waals surface area contributed by atoms with E-state index in [4.69, 9.17) is 21.8 Å². The number of hydrogen-bond acceptors (Lipinski definition) is 4. The number of carboxylic acid groups (broad SMARTS) is 2. The molecule has 4 N–H and O–H groups in total. The summed E-state index contributed by atoms with van der Waals surface area (Å²) in [5, 5.41) is 37.0. The highest BCUT2D eigenvalue weighted by molar-refractivity contribution is 6.30. The molecule has 19 heavy (non-hydrogen) atoms. The van der Waals surface area contributed by atoms with Gasteiger partial charge in [0, 0.05) is 5.02 Å².